The van der Waals surface area contributed by atoms with E-state index in [1.807, 2.05) is 6.07 Å². The molecule has 0 unspecified atom stereocenters. The summed E-state index contributed by atoms with van der Waals surface area (Å²) < 4.78 is 0. The van der Waals surface area contributed by atoms with Crippen molar-refractivity contribution in [2.75, 3.05) is 18.8 Å². The van der Waals surface area contributed by atoms with Gasteiger partial charge in [0.25, 0.3) is 0 Å². The Bertz CT molecular complexity index is 601. The van der Waals surface area contributed by atoms with Crippen LogP contribution in [0.4, 0.5) is 5.95 Å². The van der Waals surface area contributed by atoms with Gasteiger partial charge in [0.1, 0.15) is 10.8 Å². The summed E-state index contributed by atoms with van der Waals surface area (Å²) in [5.74, 6) is 0.190. The zero-order valence-corrected chi connectivity index (χ0v) is 9.88. The van der Waals surface area contributed by atoms with Crippen LogP contribution in [0.25, 0.3) is 16.6 Å². The Balaban J connectivity index is 2.13. The number of hydrogen-bond acceptors (Lipinski definition) is 4. The van der Waals surface area contributed by atoms with Gasteiger partial charge in [-0.2, -0.15) is 4.98 Å². The lowest BCUT2D eigenvalue weighted by Gasteiger charge is -2.12. The third kappa shape index (κ3) is 1.87. The molecule has 0 aliphatic carbocycles. The highest BCUT2D eigenvalue weighted by atomic mass is 35.5. The molecule has 0 aromatic carbocycles. The minimum Gasteiger partial charge on any atom is -0.368 e. The largest absolute Gasteiger partial charge is 0.368 e. The van der Waals surface area contributed by atoms with Crippen LogP contribution in [0.15, 0.2) is 12.1 Å². The van der Waals surface area contributed by atoms with E-state index < -0.39 is 0 Å². The van der Waals surface area contributed by atoms with E-state index in [2.05, 4.69) is 26.3 Å². The van der Waals surface area contributed by atoms with E-state index >= 15 is 0 Å². The molecule has 1 aliphatic heterocycles. The predicted octanol–water partition coefficient (Wildman–Crippen LogP) is 1.57. The molecule has 0 amide bonds. The topological polar surface area (TPSA) is 79.6 Å². The second-order valence-electron chi connectivity index (χ2n) is 4.00. The van der Waals surface area contributed by atoms with E-state index in [1.165, 1.54) is 5.57 Å². The van der Waals surface area contributed by atoms with Crippen molar-refractivity contribution in [1.82, 2.24) is 20.3 Å². The number of nitrogens with zero attached hydrogens (tertiary/aromatic N) is 2. The van der Waals surface area contributed by atoms with Gasteiger partial charge in [0.05, 0.1) is 5.39 Å². The summed E-state index contributed by atoms with van der Waals surface area (Å²) in [5.41, 5.74) is 8.57. The first-order valence-corrected chi connectivity index (χ1v) is 5.83. The first-order chi connectivity index (χ1) is 8.24. The molecule has 0 atom stereocenters. The second-order valence-corrected chi connectivity index (χ2v) is 4.36. The van der Waals surface area contributed by atoms with Gasteiger partial charge in [0, 0.05) is 12.2 Å². The Kier molecular flexibility index (Phi) is 2.49. The number of aromatic nitrogens is 3. The summed E-state index contributed by atoms with van der Waals surface area (Å²) in [4.78, 5) is 11.3. The van der Waals surface area contributed by atoms with Crippen molar-refractivity contribution in [3.05, 3.63) is 23.0 Å². The summed E-state index contributed by atoms with van der Waals surface area (Å²) >= 11 is 6.03. The first kappa shape index (κ1) is 10.6. The van der Waals surface area contributed by atoms with Crippen molar-refractivity contribution in [2.24, 2.45) is 0 Å². The molecule has 0 bridgehead atoms. The zero-order valence-electron chi connectivity index (χ0n) is 9.13. The number of fused-ring (bicyclic) bond motifs is 1. The van der Waals surface area contributed by atoms with E-state index in [4.69, 9.17) is 17.3 Å². The minimum atomic E-state index is 0.190. The summed E-state index contributed by atoms with van der Waals surface area (Å²) in [6.07, 6.45) is 3.16. The van der Waals surface area contributed by atoms with Crippen molar-refractivity contribution in [1.29, 1.82) is 0 Å². The summed E-state index contributed by atoms with van der Waals surface area (Å²) in [7, 11) is 0. The van der Waals surface area contributed by atoms with Crippen molar-refractivity contribution < 1.29 is 0 Å². The molecule has 88 valence electrons. The van der Waals surface area contributed by atoms with Crippen LogP contribution < -0.4 is 11.1 Å². The molecule has 0 fully saturated rings. The molecule has 0 saturated heterocycles. The summed E-state index contributed by atoms with van der Waals surface area (Å²) in [5, 5.41) is 4.48. The number of halogens is 1. The van der Waals surface area contributed by atoms with Gasteiger partial charge < -0.3 is 16.0 Å². The number of nitrogens with one attached hydrogen (secondary N) is 2. The average molecular weight is 250 g/mol. The third-order valence-electron chi connectivity index (χ3n) is 2.87. The van der Waals surface area contributed by atoms with Gasteiger partial charge in [0.15, 0.2) is 0 Å². The number of nitrogen functional groups attached to an aromatic ring is 1. The zero-order chi connectivity index (χ0) is 11.8. The highest BCUT2D eigenvalue weighted by molar-refractivity contribution is 6.34. The minimum absolute atomic E-state index is 0.190. The molecular weight excluding hydrogens is 238 g/mol. The van der Waals surface area contributed by atoms with Crippen LogP contribution in [0, 0.1) is 0 Å². The molecule has 1 aliphatic rings. The quantitative estimate of drug-likeness (QED) is 0.671. The van der Waals surface area contributed by atoms with Gasteiger partial charge in [-0.15, -0.1) is 0 Å². The smallest absolute Gasteiger partial charge is 0.223 e. The lowest BCUT2D eigenvalue weighted by Crippen LogP contribution is -2.20. The Labute approximate surface area is 103 Å². The molecule has 17 heavy (non-hydrogen) atoms. The number of hydrogen-bond donors (Lipinski definition) is 3. The molecule has 2 aromatic rings. The molecule has 3 rings (SSSR count). The number of aromatic amines is 1. The molecule has 2 aromatic heterocycles. The maximum absolute atomic E-state index is 6.03. The van der Waals surface area contributed by atoms with Crippen molar-refractivity contribution in [3.63, 3.8) is 0 Å². The lowest BCUT2D eigenvalue weighted by molar-refractivity contribution is 0.737. The van der Waals surface area contributed by atoms with E-state index in [-0.39, 0.29) is 5.95 Å². The van der Waals surface area contributed by atoms with E-state index in [9.17, 15) is 0 Å². The fourth-order valence-electron chi connectivity index (χ4n) is 2.03. The Morgan fingerprint density at radius 2 is 2.24 bits per heavy atom. The standard InChI is InChI=1S/C11H12ClN5/c12-9-7-5-8(6-1-3-14-4-2-6)15-10(7)17-11(13)16-9/h1,5,14H,2-4H2,(H3,13,15,16,17). The molecule has 6 heteroatoms. The van der Waals surface area contributed by atoms with Crippen molar-refractivity contribution >= 4 is 34.2 Å². The molecule has 4 N–H and O–H groups in total. The van der Waals surface area contributed by atoms with Crippen molar-refractivity contribution in [3.8, 4) is 0 Å². The summed E-state index contributed by atoms with van der Waals surface area (Å²) in [6, 6.07) is 1.98. The predicted molar refractivity (Wildman–Crippen MR) is 68.8 cm³/mol. The van der Waals surface area contributed by atoms with Crippen LogP contribution in [0.1, 0.15) is 12.1 Å². The van der Waals surface area contributed by atoms with Gasteiger partial charge in [-0.1, -0.05) is 17.7 Å². The average Bonchev–Trinajstić information content (AvgIpc) is 2.74. The Hall–Kier alpha value is -1.59. The van der Waals surface area contributed by atoms with Gasteiger partial charge in [0.2, 0.25) is 5.95 Å². The van der Waals surface area contributed by atoms with Crippen LogP contribution in [0.5, 0.6) is 0 Å². The number of nitrogens with two attached hydrogens (primary N) is 1. The number of anilines is 1. The molecule has 3 heterocycles. The molecule has 0 saturated carbocycles. The van der Waals surface area contributed by atoms with E-state index in [0.717, 1.165) is 30.6 Å². The lowest BCUT2D eigenvalue weighted by atomic mass is 10.1. The van der Waals surface area contributed by atoms with Gasteiger partial charge in [-0.3, -0.25) is 0 Å². The molecular formula is C11H12ClN5. The number of H-pyrrole nitrogens is 1. The maximum Gasteiger partial charge on any atom is 0.223 e. The van der Waals surface area contributed by atoms with E-state index in [1.54, 1.807) is 0 Å². The highest BCUT2D eigenvalue weighted by Gasteiger charge is 2.12. The molecule has 0 spiro atoms. The first-order valence-electron chi connectivity index (χ1n) is 5.46. The normalized spacial score (nSPS) is 16.2. The fraction of sp³-hybridized carbons (Fsp3) is 0.273. The van der Waals surface area contributed by atoms with Gasteiger partial charge in [-0.05, 0) is 24.6 Å². The van der Waals surface area contributed by atoms with Crippen LogP contribution in [0.2, 0.25) is 5.15 Å². The second kappa shape index (κ2) is 4.01. The monoisotopic (exact) mass is 249 g/mol. The Morgan fingerprint density at radius 1 is 1.35 bits per heavy atom. The Morgan fingerprint density at radius 3 is 3.00 bits per heavy atom. The van der Waals surface area contributed by atoms with Crippen LogP contribution in [-0.4, -0.2) is 28.0 Å². The summed E-state index contributed by atoms with van der Waals surface area (Å²) in [6.45, 7) is 1.88. The fourth-order valence-corrected chi connectivity index (χ4v) is 2.26. The van der Waals surface area contributed by atoms with Crippen LogP contribution in [0.3, 0.4) is 0 Å². The highest BCUT2D eigenvalue weighted by Crippen LogP contribution is 2.27. The molecule has 5 nitrogen and oxygen atoms in total. The third-order valence-corrected chi connectivity index (χ3v) is 3.16. The van der Waals surface area contributed by atoms with Crippen LogP contribution in [-0.2, 0) is 0 Å². The number of rotatable bonds is 1. The van der Waals surface area contributed by atoms with Gasteiger partial charge in [-0.25, -0.2) is 4.98 Å². The van der Waals surface area contributed by atoms with Crippen molar-refractivity contribution in [2.45, 2.75) is 6.42 Å². The SMILES string of the molecule is Nc1nc(Cl)c2cc(C3=CCNCC3)[nH]c2n1. The van der Waals surface area contributed by atoms with Gasteiger partial charge >= 0.3 is 0 Å². The van der Waals surface area contributed by atoms with Crippen LogP contribution >= 0.6 is 11.6 Å². The molecule has 0 radical (unpaired) electrons. The maximum atomic E-state index is 6.03. The van der Waals surface area contributed by atoms with E-state index in [0.29, 0.717) is 10.8 Å².